The smallest absolute Gasteiger partial charge is 0.231 e. The third-order valence-electron chi connectivity index (χ3n) is 3.91. The second-order valence-corrected chi connectivity index (χ2v) is 5.58. The zero-order valence-electron chi connectivity index (χ0n) is 12.7. The van der Waals surface area contributed by atoms with Gasteiger partial charge in [0.2, 0.25) is 5.91 Å². The van der Waals surface area contributed by atoms with Crippen molar-refractivity contribution in [3.8, 4) is 0 Å². The summed E-state index contributed by atoms with van der Waals surface area (Å²) >= 11 is 6.21. The molecule has 0 aliphatic heterocycles. The molecule has 0 radical (unpaired) electrons. The zero-order valence-corrected chi connectivity index (χ0v) is 13.4. The van der Waals surface area contributed by atoms with Gasteiger partial charge in [-0.25, -0.2) is 0 Å². The first-order valence-corrected chi connectivity index (χ1v) is 7.27. The van der Waals surface area contributed by atoms with Crippen LogP contribution in [0.4, 0.5) is 11.4 Å². The van der Waals surface area contributed by atoms with Crippen LogP contribution in [-0.2, 0) is 4.79 Å². The Bertz CT molecular complexity index is 462. The van der Waals surface area contributed by atoms with Gasteiger partial charge >= 0.3 is 0 Å². The molecule has 3 N–H and O–H groups in total. The van der Waals surface area contributed by atoms with Crippen molar-refractivity contribution in [1.29, 1.82) is 0 Å². The number of amides is 1. The molecule has 0 spiro atoms. The van der Waals surface area contributed by atoms with E-state index < -0.39 is 5.41 Å². The molecule has 4 nitrogen and oxygen atoms in total. The highest BCUT2D eigenvalue weighted by atomic mass is 35.5. The Morgan fingerprint density at radius 1 is 1.35 bits per heavy atom. The second-order valence-electron chi connectivity index (χ2n) is 5.18. The van der Waals surface area contributed by atoms with Crippen molar-refractivity contribution in [3.05, 3.63) is 23.2 Å². The molecular weight excluding hydrogens is 274 g/mol. The van der Waals surface area contributed by atoms with Gasteiger partial charge in [0.05, 0.1) is 21.8 Å². The van der Waals surface area contributed by atoms with Crippen molar-refractivity contribution >= 4 is 28.9 Å². The van der Waals surface area contributed by atoms with E-state index >= 15 is 0 Å². The number of benzene rings is 1. The third-order valence-corrected chi connectivity index (χ3v) is 4.21. The summed E-state index contributed by atoms with van der Waals surface area (Å²) in [6.07, 6.45) is 1.42. The fraction of sp³-hybridized carbons (Fsp3) is 0.533. The number of rotatable bonds is 6. The average molecular weight is 298 g/mol. The van der Waals surface area contributed by atoms with E-state index in [-0.39, 0.29) is 5.91 Å². The fourth-order valence-corrected chi connectivity index (χ4v) is 2.62. The molecule has 20 heavy (non-hydrogen) atoms. The Morgan fingerprint density at radius 2 is 1.95 bits per heavy atom. The number of hydrogen-bond acceptors (Lipinski definition) is 3. The van der Waals surface area contributed by atoms with Gasteiger partial charge in [-0.1, -0.05) is 31.5 Å². The molecule has 0 saturated carbocycles. The molecule has 0 aromatic heterocycles. The minimum Gasteiger partial charge on any atom is -0.375 e. The highest BCUT2D eigenvalue weighted by Gasteiger charge is 2.33. The summed E-state index contributed by atoms with van der Waals surface area (Å²) in [5.41, 5.74) is 6.81. The zero-order chi connectivity index (χ0) is 15.3. The van der Waals surface area contributed by atoms with E-state index in [9.17, 15) is 4.79 Å². The molecular formula is C15H24ClN3O. The Labute approximate surface area is 126 Å². The molecule has 0 saturated heterocycles. The first-order valence-electron chi connectivity index (χ1n) is 6.89. The van der Waals surface area contributed by atoms with Crippen LogP contribution in [0.2, 0.25) is 5.02 Å². The normalized spacial score (nSPS) is 11.3. The van der Waals surface area contributed by atoms with Gasteiger partial charge in [-0.3, -0.25) is 4.79 Å². The standard InChI is InChI=1S/C15H24ClN3O/c1-5-15(6-2,10-17)14(20)18-12-9-7-8-11(16)13(12)19(3)4/h7-9H,5-6,10,17H2,1-4H3,(H,18,20). The number of para-hydroxylation sites is 1. The summed E-state index contributed by atoms with van der Waals surface area (Å²) in [5.74, 6) is -0.0460. The number of hydrogen-bond donors (Lipinski definition) is 2. The summed E-state index contributed by atoms with van der Waals surface area (Å²) in [7, 11) is 3.79. The lowest BCUT2D eigenvalue weighted by atomic mass is 9.81. The molecule has 1 aromatic carbocycles. The maximum Gasteiger partial charge on any atom is 0.231 e. The number of nitrogens with zero attached hydrogens (tertiary/aromatic N) is 1. The van der Waals surface area contributed by atoms with E-state index in [1.165, 1.54) is 0 Å². The predicted molar refractivity (Wildman–Crippen MR) is 86.5 cm³/mol. The molecule has 1 rings (SSSR count). The van der Waals surface area contributed by atoms with Crippen molar-refractivity contribution in [2.75, 3.05) is 30.9 Å². The topological polar surface area (TPSA) is 58.4 Å². The van der Waals surface area contributed by atoms with E-state index in [0.29, 0.717) is 30.1 Å². The number of halogens is 1. The largest absolute Gasteiger partial charge is 0.375 e. The number of carbonyl (C=O) groups is 1. The summed E-state index contributed by atoms with van der Waals surface area (Å²) in [6, 6.07) is 5.49. The van der Waals surface area contributed by atoms with Crippen LogP contribution in [0.15, 0.2) is 18.2 Å². The van der Waals surface area contributed by atoms with Gasteiger partial charge in [0.25, 0.3) is 0 Å². The van der Waals surface area contributed by atoms with Gasteiger partial charge in [0, 0.05) is 20.6 Å². The van der Waals surface area contributed by atoms with Crippen molar-refractivity contribution < 1.29 is 4.79 Å². The van der Waals surface area contributed by atoms with E-state index in [0.717, 1.165) is 5.69 Å². The van der Waals surface area contributed by atoms with Crippen LogP contribution in [0, 0.1) is 5.41 Å². The van der Waals surface area contributed by atoms with Crippen LogP contribution >= 0.6 is 11.6 Å². The van der Waals surface area contributed by atoms with Crippen LogP contribution < -0.4 is 16.0 Å². The summed E-state index contributed by atoms with van der Waals surface area (Å²) in [4.78, 5) is 14.4. The lowest BCUT2D eigenvalue weighted by Gasteiger charge is -2.29. The molecule has 1 amide bonds. The highest BCUT2D eigenvalue weighted by Crippen LogP contribution is 2.34. The second kappa shape index (κ2) is 6.95. The lowest BCUT2D eigenvalue weighted by Crippen LogP contribution is -2.41. The van der Waals surface area contributed by atoms with Gasteiger partial charge in [-0.05, 0) is 25.0 Å². The maximum absolute atomic E-state index is 12.6. The molecule has 0 fully saturated rings. The minimum atomic E-state index is -0.522. The van der Waals surface area contributed by atoms with Crippen LogP contribution in [0.25, 0.3) is 0 Å². The molecule has 0 atom stereocenters. The number of anilines is 2. The SMILES string of the molecule is CCC(CC)(CN)C(=O)Nc1cccc(Cl)c1N(C)C. The highest BCUT2D eigenvalue weighted by molar-refractivity contribution is 6.34. The number of nitrogens with two attached hydrogens (primary N) is 1. The lowest BCUT2D eigenvalue weighted by molar-refractivity contribution is -0.125. The molecule has 112 valence electrons. The van der Waals surface area contributed by atoms with E-state index in [1.54, 1.807) is 0 Å². The fourth-order valence-electron chi connectivity index (χ4n) is 2.28. The van der Waals surface area contributed by atoms with Gasteiger partial charge < -0.3 is 16.0 Å². The van der Waals surface area contributed by atoms with Gasteiger partial charge in [-0.2, -0.15) is 0 Å². The van der Waals surface area contributed by atoms with Crippen LogP contribution in [-0.4, -0.2) is 26.5 Å². The molecule has 0 aliphatic carbocycles. The quantitative estimate of drug-likeness (QED) is 0.848. The Kier molecular flexibility index (Phi) is 5.84. The maximum atomic E-state index is 12.6. The average Bonchev–Trinajstić information content (AvgIpc) is 2.41. The number of carbonyl (C=O) groups excluding carboxylic acids is 1. The van der Waals surface area contributed by atoms with Crippen LogP contribution in [0.3, 0.4) is 0 Å². The van der Waals surface area contributed by atoms with Crippen molar-refractivity contribution in [2.45, 2.75) is 26.7 Å². The van der Waals surface area contributed by atoms with Gasteiger partial charge in [0.1, 0.15) is 0 Å². The summed E-state index contributed by atoms with van der Waals surface area (Å²) < 4.78 is 0. The molecule has 0 aliphatic rings. The van der Waals surface area contributed by atoms with Crippen LogP contribution in [0.5, 0.6) is 0 Å². The summed E-state index contributed by atoms with van der Waals surface area (Å²) in [5, 5.41) is 3.59. The van der Waals surface area contributed by atoms with Crippen molar-refractivity contribution in [3.63, 3.8) is 0 Å². The van der Waals surface area contributed by atoms with Gasteiger partial charge in [-0.15, -0.1) is 0 Å². The Hall–Kier alpha value is -1.26. The molecule has 5 heteroatoms. The first-order chi connectivity index (χ1) is 9.41. The Morgan fingerprint density at radius 3 is 2.40 bits per heavy atom. The van der Waals surface area contributed by atoms with Crippen molar-refractivity contribution in [1.82, 2.24) is 0 Å². The first kappa shape index (κ1) is 16.8. The minimum absolute atomic E-state index is 0.0460. The van der Waals surface area contributed by atoms with Crippen molar-refractivity contribution in [2.24, 2.45) is 11.1 Å². The van der Waals surface area contributed by atoms with Gasteiger partial charge in [0.15, 0.2) is 0 Å². The third kappa shape index (κ3) is 3.25. The molecule has 1 aromatic rings. The van der Waals surface area contributed by atoms with Crippen LogP contribution in [0.1, 0.15) is 26.7 Å². The summed E-state index contributed by atoms with van der Waals surface area (Å²) in [6.45, 7) is 4.31. The monoisotopic (exact) mass is 297 g/mol. The molecule has 0 unspecified atom stereocenters. The number of nitrogens with one attached hydrogen (secondary N) is 1. The predicted octanol–water partition coefficient (Wildman–Crippen LogP) is 3.11. The van der Waals surface area contributed by atoms with E-state index in [4.69, 9.17) is 17.3 Å². The van der Waals surface area contributed by atoms with E-state index in [1.807, 2.05) is 51.0 Å². The molecule has 0 bridgehead atoms. The van der Waals surface area contributed by atoms with E-state index in [2.05, 4.69) is 5.32 Å². The molecule has 0 heterocycles. The Balaban J connectivity index is 3.11.